The number of amides is 1. The van der Waals surface area contributed by atoms with Crippen molar-refractivity contribution >= 4 is 5.91 Å². The fraction of sp³-hybridized carbons (Fsp3) is 0.692. The molecule has 6 heteroatoms. The number of nitrogens with one attached hydrogen (secondary N) is 1. The van der Waals surface area contributed by atoms with Crippen LogP contribution >= 0.6 is 0 Å². The Morgan fingerprint density at radius 1 is 1.53 bits per heavy atom. The summed E-state index contributed by atoms with van der Waals surface area (Å²) in [5, 5.41) is 7.12. The van der Waals surface area contributed by atoms with Gasteiger partial charge in [-0.3, -0.25) is 4.79 Å². The van der Waals surface area contributed by atoms with Crippen molar-refractivity contribution in [1.82, 2.24) is 15.4 Å². The lowest BCUT2D eigenvalue weighted by Crippen LogP contribution is -2.41. The second-order valence-corrected chi connectivity index (χ2v) is 4.95. The molecular weight excluding hydrogens is 246 g/mol. The van der Waals surface area contributed by atoms with E-state index < -0.39 is 0 Å². The van der Waals surface area contributed by atoms with Gasteiger partial charge in [0, 0.05) is 25.7 Å². The van der Waals surface area contributed by atoms with Crippen molar-refractivity contribution in [2.24, 2.45) is 0 Å². The van der Waals surface area contributed by atoms with Crippen LogP contribution in [0.2, 0.25) is 0 Å². The third-order valence-electron chi connectivity index (χ3n) is 3.41. The van der Waals surface area contributed by atoms with E-state index in [0.29, 0.717) is 19.6 Å². The summed E-state index contributed by atoms with van der Waals surface area (Å²) < 4.78 is 10.6. The molecule has 1 amide bonds. The minimum atomic E-state index is -0.0200. The summed E-state index contributed by atoms with van der Waals surface area (Å²) in [5.41, 5.74) is 1.83. The molecule has 19 heavy (non-hydrogen) atoms. The smallest absolute Gasteiger partial charge is 0.225 e. The van der Waals surface area contributed by atoms with E-state index >= 15 is 0 Å². The Morgan fingerprint density at radius 2 is 2.32 bits per heavy atom. The molecule has 1 N–H and O–H groups in total. The molecule has 0 saturated carbocycles. The van der Waals surface area contributed by atoms with Crippen LogP contribution in [0.15, 0.2) is 4.52 Å². The zero-order chi connectivity index (χ0) is 13.8. The van der Waals surface area contributed by atoms with Gasteiger partial charge < -0.3 is 19.5 Å². The lowest BCUT2D eigenvalue weighted by atomic mass is 10.1. The average Bonchev–Trinajstić information content (AvgIpc) is 2.71. The van der Waals surface area contributed by atoms with E-state index in [-0.39, 0.29) is 12.0 Å². The highest BCUT2D eigenvalue weighted by molar-refractivity contribution is 5.76. The monoisotopic (exact) mass is 267 g/mol. The molecule has 0 aromatic carbocycles. The van der Waals surface area contributed by atoms with Crippen molar-refractivity contribution in [3.8, 4) is 0 Å². The van der Waals surface area contributed by atoms with Crippen LogP contribution in [0.25, 0.3) is 0 Å². The molecule has 1 aromatic heterocycles. The first-order valence-electron chi connectivity index (χ1n) is 6.56. The number of ether oxygens (including phenoxy) is 1. The first-order valence-corrected chi connectivity index (χ1v) is 6.56. The highest BCUT2D eigenvalue weighted by Crippen LogP contribution is 2.15. The molecule has 1 aromatic rings. The second-order valence-electron chi connectivity index (χ2n) is 4.95. The number of carbonyl (C=O) groups is 1. The van der Waals surface area contributed by atoms with Crippen LogP contribution in [0, 0.1) is 13.8 Å². The zero-order valence-corrected chi connectivity index (χ0v) is 11.7. The summed E-state index contributed by atoms with van der Waals surface area (Å²) in [5.74, 6) is 0.849. The van der Waals surface area contributed by atoms with Gasteiger partial charge in [0.05, 0.1) is 31.4 Å². The summed E-state index contributed by atoms with van der Waals surface area (Å²) >= 11 is 0. The van der Waals surface area contributed by atoms with Crippen LogP contribution in [-0.4, -0.2) is 48.8 Å². The van der Waals surface area contributed by atoms with Gasteiger partial charge in [-0.25, -0.2) is 0 Å². The molecule has 1 unspecified atom stereocenters. The molecule has 1 saturated heterocycles. The predicted octanol–water partition coefficient (Wildman–Crippen LogP) is 0.628. The molecule has 106 valence electrons. The molecule has 0 spiro atoms. The first kappa shape index (κ1) is 14.0. The minimum Gasteiger partial charge on any atom is -0.375 e. The van der Waals surface area contributed by atoms with Gasteiger partial charge in [0.25, 0.3) is 0 Å². The van der Waals surface area contributed by atoms with E-state index in [4.69, 9.17) is 9.26 Å². The summed E-state index contributed by atoms with van der Waals surface area (Å²) in [7, 11) is 1.80. The zero-order valence-electron chi connectivity index (χ0n) is 11.7. The van der Waals surface area contributed by atoms with E-state index in [1.54, 1.807) is 11.9 Å². The summed E-state index contributed by atoms with van der Waals surface area (Å²) in [6.45, 7) is 6.55. The van der Waals surface area contributed by atoms with E-state index in [1.165, 1.54) is 0 Å². The SMILES string of the molecule is Cc1noc(C)c1CN(C)C(=O)CC1CNCCO1. The number of carbonyl (C=O) groups excluding carboxylic acids is 1. The topological polar surface area (TPSA) is 67.6 Å². The molecule has 0 bridgehead atoms. The number of nitrogens with zero attached hydrogens (tertiary/aromatic N) is 2. The summed E-state index contributed by atoms with van der Waals surface area (Å²) in [4.78, 5) is 13.8. The number of hydrogen-bond donors (Lipinski definition) is 1. The number of aromatic nitrogens is 1. The van der Waals surface area contributed by atoms with Crippen molar-refractivity contribution in [3.05, 3.63) is 17.0 Å². The molecule has 6 nitrogen and oxygen atoms in total. The minimum absolute atomic E-state index is 0.0200. The lowest BCUT2D eigenvalue weighted by molar-refractivity contribution is -0.133. The molecule has 1 fully saturated rings. The van der Waals surface area contributed by atoms with Crippen molar-refractivity contribution < 1.29 is 14.1 Å². The molecule has 0 radical (unpaired) electrons. The van der Waals surface area contributed by atoms with Gasteiger partial charge in [-0.2, -0.15) is 0 Å². The summed E-state index contributed by atoms with van der Waals surface area (Å²) in [6.07, 6.45) is 0.390. The van der Waals surface area contributed by atoms with Crippen molar-refractivity contribution in [3.63, 3.8) is 0 Å². The van der Waals surface area contributed by atoms with Crippen molar-refractivity contribution in [2.75, 3.05) is 26.7 Å². The van der Waals surface area contributed by atoms with Crippen LogP contribution in [0.3, 0.4) is 0 Å². The highest BCUT2D eigenvalue weighted by atomic mass is 16.5. The van der Waals surface area contributed by atoms with Gasteiger partial charge in [-0.15, -0.1) is 0 Å². The first-order chi connectivity index (χ1) is 9.08. The van der Waals surface area contributed by atoms with E-state index in [9.17, 15) is 4.79 Å². The Balaban J connectivity index is 1.88. The number of rotatable bonds is 4. The summed E-state index contributed by atoms with van der Waals surface area (Å²) in [6, 6.07) is 0. The predicted molar refractivity (Wildman–Crippen MR) is 69.7 cm³/mol. The van der Waals surface area contributed by atoms with Gasteiger partial charge in [0.15, 0.2) is 0 Å². The van der Waals surface area contributed by atoms with E-state index in [0.717, 1.165) is 30.1 Å². The highest BCUT2D eigenvalue weighted by Gasteiger charge is 2.21. The van der Waals surface area contributed by atoms with Gasteiger partial charge in [-0.05, 0) is 13.8 Å². The van der Waals surface area contributed by atoms with E-state index in [1.807, 2.05) is 13.8 Å². The largest absolute Gasteiger partial charge is 0.375 e. The maximum atomic E-state index is 12.1. The van der Waals surface area contributed by atoms with Crippen molar-refractivity contribution in [1.29, 1.82) is 0 Å². The molecule has 0 aliphatic carbocycles. The molecule has 2 rings (SSSR count). The van der Waals surface area contributed by atoms with E-state index in [2.05, 4.69) is 10.5 Å². The lowest BCUT2D eigenvalue weighted by Gasteiger charge is -2.25. The Labute approximate surface area is 113 Å². The number of morpholine rings is 1. The van der Waals surface area contributed by atoms with Crippen LogP contribution in [0.5, 0.6) is 0 Å². The molecule has 1 atom stereocenters. The van der Waals surface area contributed by atoms with Crippen LogP contribution in [0.1, 0.15) is 23.4 Å². The third-order valence-corrected chi connectivity index (χ3v) is 3.41. The number of aryl methyl sites for hydroxylation is 2. The Morgan fingerprint density at radius 3 is 2.89 bits per heavy atom. The van der Waals surface area contributed by atoms with Gasteiger partial charge in [0.1, 0.15) is 5.76 Å². The van der Waals surface area contributed by atoms with Crippen LogP contribution in [-0.2, 0) is 16.1 Å². The van der Waals surface area contributed by atoms with Gasteiger partial charge in [-0.1, -0.05) is 5.16 Å². The van der Waals surface area contributed by atoms with Gasteiger partial charge in [0.2, 0.25) is 5.91 Å². The molecular formula is C13H21N3O3. The fourth-order valence-corrected chi connectivity index (χ4v) is 2.15. The van der Waals surface area contributed by atoms with Crippen LogP contribution in [0.4, 0.5) is 0 Å². The third kappa shape index (κ3) is 3.54. The Hall–Kier alpha value is -1.40. The second kappa shape index (κ2) is 6.16. The number of hydrogen-bond acceptors (Lipinski definition) is 5. The fourth-order valence-electron chi connectivity index (χ4n) is 2.15. The molecule has 1 aliphatic rings. The normalized spacial score (nSPS) is 19.4. The Bertz CT molecular complexity index is 419. The standard InChI is InChI=1S/C13H21N3O3/c1-9-12(10(2)19-15-9)8-16(3)13(17)6-11-7-14-4-5-18-11/h11,14H,4-8H2,1-3H3. The maximum absolute atomic E-state index is 12.1. The molecule has 2 heterocycles. The van der Waals surface area contributed by atoms with Crippen LogP contribution < -0.4 is 5.32 Å². The quantitative estimate of drug-likeness (QED) is 0.866. The molecule has 1 aliphatic heterocycles. The Kier molecular flexibility index (Phi) is 4.55. The van der Waals surface area contributed by atoms with Gasteiger partial charge >= 0.3 is 0 Å². The average molecular weight is 267 g/mol. The van der Waals surface area contributed by atoms with Crippen molar-refractivity contribution in [2.45, 2.75) is 32.9 Å². The maximum Gasteiger partial charge on any atom is 0.225 e.